The standard InChI is InChI=1S/C14H15N3O/c1-10-4-5-11(8-15)7-13(10)17-14(18)12-3-2-6-16-9-12/h2-7,9H,8,15H2,1H3,(H,17,18). The molecule has 0 spiro atoms. The summed E-state index contributed by atoms with van der Waals surface area (Å²) >= 11 is 0. The van der Waals surface area contributed by atoms with Crippen molar-refractivity contribution in [3.05, 3.63) is 59.4 Å². The lowest BCUT2D eigenvalue weighted by Gasteiger charge is -2.09. The van der Waals surface area contributed by atoms with Crippen LogP contribution in [0.25, 0.3) is 0 Å². The summed E-state index contributed by atoms with van der Waals surface area (Å²) in [7, 11) is 0. The van der Waals surface area contributed by atoms with Crippen molar-refractivity contribution < 1.29 is 4.79 Å². The minimum Gasteiger partial charge on any atom is -0.326 e. The van der Waals surface area contributed by atoms with Crippen molar-refractivity contribution >= 4 is 11.6 Å². The van der Waals surface area contributed by atoms with Crippen LogP contribution in [0, 0.1) is 6.92 Å². The minimum atomic E-state index is -0.166. The highest BCUT2D eigenvalue weighted by Crippen LogP contribution is 2.17. The third kappa shape index (κ3) is 2.73. The number of aromatic nitrogens is 1. The number of carbonyl (C=O) groups excluding carboxylic acids is 1. The van der Waals surface area contributed by atoms with Gasteiger partial charge in [-0.15, -0.1) is 0 Å². The van der Waals surface area contributed by atoms with Crippen LogP contribution in [-0.4, -0.2) is 10.9 Å². The summed E-state index contributed by atoms with van der Waals surface area (Å²) in [5, 5.41) is 2.87. The number of carbonyl (C=O) groups is 1. The third-order valence-corrected chi connectivity index (χ3v) is 2.71. The first-order valence-electron chi connectivity index (χ1n) is 5.71. The molecule has 3 N–H and O–H groups in total. The van der Waals surface area contributed by atoms with Gasteiger partial charge in [-0.05, 0) is 36.2 Å². The van der Waals surface area contributed by atoms with E-state index in [1.807, 2.05) is 25.1 Å². The molecule has 1 aromatic carbocycles. The summed E-state index contributed by atoms with van der Waals surface area (Å²) in [6, 6.07) is 9.25. The molecule has 1 heterocycles. The molecule has 0 atom stereocenters. The topological polar surface area (TPSA) is 68.0 Å². The fraction of sp³-hybridized carbons (Fsp3) is 0.143. The monoisotopic (exact) mass is 241 g/mol. The van der Waals surface area contributed by atoms with Gasteiger partial charge >= 0.3 is 0 Å². The number of rotatable bonds is 3. The lowest BCUT2D eigenvalue weighted by atomic mass is 10.1. The van der Waals surface area contributed by atoms with Gasteiger partial charge in [0.05, 0.1) is 5.56 Å². The average Bonchev–Trinajstić information content (AvgIpc) is 2.42. The number of pyridine rings is 1. The molecule has 1 aromatic heterocycles. The fourth-order valence-electron chi connectivity index (χ4n) is 1.62. The Bertz CT molecular complexity index is 552. The van der Waals surface area contributed by atoms with Crippen LogP contribution in [0.4, 0.5) is 5.69 Å². The van der Waals surface area contributed by atoms with Gasteiger partial charge in [0, 0.05) is 24.6 Å². The van der Waals surface area contributed by atoms with Crippen LogP contribution >= 0.6 is 0 Å². The smallest absolute Gasteiger partial charge is 0.257 e. The van der Waals surface area contributed by atoms with Gasteiger partial charge in [-0.25, -0.2) is 0 Å². The number of hydrogen-bond donors (Lipinski definition) is 2. The number of nitrogens with zero attached hydrogens (tertiary/aromatic N) is 1. The molecule has 2 aromatic rings. The summed E-state index contributed by atoms with van der Waals surface area (Å²) in [4.78, 5) is 15.9. The van der Waals surface area contributed by atoms with Crippen molar-refractivity contribution in [3.8, 4) is 0 Å². The normalized spacial score (nSPS) is 10.1. The molecular weight excluding hydrogens is 226 g/mol. The third-order valence-electron chi connectivity index (χ3n) is 2.71. The van der Waals surface area contributed by atoms with E-state index in [1.165, 1.54) is 6.20 Å². The molecule has 0 aliphatic carbocycles. The van der Waals surface area contributed by atoms with Crippen molar-refractivity contribution in [1.82, 2.24) is 4.98 Å². The van der Waals surface area contributed by atoms with Crippen LogP contribution < -0.4 is 11.1 Å². The van der Waals surface area contributed by atoms with Gasteiger partial charge in [0.25, 0.3) is 5.91 Å². The van der Waals surface area contributed by atoms with E-state index in [-0.39, 0.29) is 5.91 Å². The van der Waals surface area contributed by atoms with Gasteiger partial charge in [0.2, 0.25) is 0 Å². The van der Waals surface area contributed by atoms with Crippen molar-refractivity contribution in [2.75, 3.05) is 5.32 Å². The molecule has 4 heteroatoms. The van der Waals surface area contributed by atoms with E-state index < -0.39 is 0 Å². The van der Waals surface area contributed by atoms with E-state index in [0.717, 1.165) is 16.8 Å². The molecule has 92 valence electrons. The zero-order valence-electron chi connectivity index (χ0n) is 10.2. The maximum absolute atomic E-state index is 12.0. The number of nitrogens with two attached hydrogens (primary N) is 1. The van der Waals surface area contributed by atoms with E-state index in [1.54, 1.807) is 18.3 Å². The predicted octanol–water partition coefficient (Wildman–Crippen LogP) is 2.10. The number of amides is 1. The molecule has 0 saturated carbocycles. The van der Waals surface area contributed by atoms with E-state index >= 15 is 0 Å². The van der Waals surface area contributed by atoms with Crippen LogP contribution in [0.3, 0.4) is 0 Å². The molecular formula is C14H15N3O. The van der Waals surface area contributed by atoms with Gasteiger partial charge in [0.15, 0.2) is 0 Å². The van der Waals surface area contributed by atoms with E-state index in [0.29, 0.717) is 12.1 Å². The highest BCUT2D eigenvalue weighted by atomic mass is 16.1. The second-order valence-electron chi connectivity index (χ2n) is 4.05. The van der Waals surface area contributed by atoms with Crippen molar-refractivity contribution in [3.63, 3.8) is 0 Å². The number of nitrogens with one attached hydrogen (secondary N) is 1. The molecule has 0 radical (unpaired) electrons. The van der Waals surface area contributed by atoms with E-state index in [4.69, 9.17) is 5.73 Å². The summed E-state index contributed by atoms with van der Waals surface area (Å²) in [5.41, 5.74) is 8.90. The van der Waals surface area contributed by atoms with Gasteiger partial charge in [0.1, 0.15) is 0 Å². The summed E-state index contributed by atoms with van der Waals surface area (Å²) in [6.07, 6.45) is 3.18. The zero-order valence-corrected chi connectivity index (χ0v) is 10.2. The largest absolute Gasteiger partial charge is 0.326 e. The van der Waals surface area contributed by atoms with Crippen molar-refractivity contribution in [2.45, 2.75) is 13.5 Å². The molecule has 2 rings (SSSR count). The maximum Gasteiger partial charge on any atom is 0.257 e. The fourth-order valence-corrected chi connectivity index (χ4v) is 1.62. The number of aryl methyl sites for hydroxylation is 1. The Labute approximate surface area is 106 Å². The zero-order chi connectivity index (χ0) is 13.0. The Hall–Kier alpha value is -2.20. The minimum absolute atomic E-state index is 0.166. The molecule has 1 amide bonds. The van der Waals surface area contributed by atoms with E-state index in [2.05, 4.69) is 10.3 Å². The molecule has 0 aliphatic heterocycles. The first-order valence-corrected chi connectivity index (χ1v) is 5.71. The summed E-state index contributed by atoms with van der Waals surface area (Å²) in [5.74, 6) is -0.166. The first kappa shape index (κ1) is 12.3. The Morgan fingerprint density at radius 2 is 2.22 bits per heavy atom. The molecule has 0 aliphatic rings. The molecule has 0 saturated heterocycles. The highest BCUT2D eigenvalue weighted by molar-refractivity contribution is 6.04. The Balaban J connectivity index is 2.21. The van der Waals surface area contributed by atoms with Gasteiger partial charge in [-0.2, -0.15) is 0 Å². The van der Waals surface area contributed by atoms with E-state index in [9.17, 15) is 4.79 Å². The molecule has 0 unspecified atom stereocenters. The molecule has 18 heavy (non-hydrogen) atoms. The van der Waals surface area contributed by atoms with Crippen LogP contribution in [0.1, 0.15) is 21.5 Å². The Morgan fingerprint density at radius 3 is 2.89 bits per heavy atom. The van der Waals surface area contributed by atoms with Crippen LogP contribution in [-0.2, 0) is 6.54 Å². The van der Waals surface area contributed by atoms with Crippen LogP contribution in [0.15, 0.2) is 42.7 Å². The van der Waals surface area contributed by atoms with Crippen molar-refractivity contribution in [2.24, 2.45) is 5.73 Å². The molecule has 0 bridgehead atoms. The van der Waals surface area contributed by atoms with Gasteiger partial charge in [-0.3, -0.25) is 9.78 Å². The molecule has 4 nitrogen and oxygen atoms in total. The van der Waals surface area contributed by atoms with Gasteiger partial charge in [-0.1, -0.05) is 12.1 Å². The first-order chi connectivity index (χ1) is 8.70. The lowest BCUT2D eigenvalue weighted by Crippen LogP contribution is -2.13. The quantitative estimate of drug-likeness (QED) is 0.864. The Kier molecular flexibility index (Phi) is 3.69. The van der Waals surface area contributed by atoms with Crippen molar-refractivity contribution in [1.29, 1.82) is 0 Å². The highest BCUT2D eigenvalue weighted by Gasteiger charge is 2.07. The summed E-state index contributed by atoms with van der Waals surface area (Å²) in [6.45, 7) is 2.40. The lowest BCUT2D eigenvalue weighted by molar-refractivity contribution is 0.102. The average molecular weight is 241 g/mol. The maximum atomic E-state index is 12.0. The number of hydrogen-bond acceptors (Lipinski definition) is 3. The summed E-state index contributed by atoms with van der Waals surface area (Å²) < 4.78 is 0. The Morgan fingerprint density at radius 1 is 1.39 bits per heavy atom. The van der Waals surface area contributed by atoms with Gasteiger partial charge < -0.3 is 11.1 Å². The van der Waals surface area contributed by atoms with Crippen LogP contribution in [0.5, 0.6) is 0 Å². The number of benzene rings is 1. The predicted molar refractivity (Wildman–Crippen MR) is 71.3 cm³/mol. The van der Waals surface area contributed by atoms with Crippen LogP contribution in [0.2, 0.25) is 0 Å². The number of anilines is 1. The second kappa shape index (κ2) is 5.42. The second-order valence-corrected chi connectivity index (χ2v) is 4.05. The SMILES string of the molecule is Cc1ccc(CN)cc1NC(=O)c1cccnc1. The molecule has 0 fully saturated rings.